The molecule has 27 heavy (non-hydrogen) atoms. The molecule has 0 aromatic heterocycles. The van der Waals surface area contributed by atoms with Crippen LogP contribution in [0.3, 0.4) is 0 Å². The number of ether oxygens (including phenoxy) is 1. The normalized spacial score (nSPS) is 11.6. The predicted octanol–water partition coefficient (Wildman–Crippen LogP) is 0.386. The number of aromatic carboxylic acids is 1. The van der Waals surface area contributed by atoms with E-state index in [0.717, 1.165) is 5.56 Å². The third-order valence-electron chi connectivity index (χ3n) is 3.68. The summed E-state index contributed by atoms with van der Waals surface area (Å²) in [6, 6.07) is 13.1. The molecule has 0 bridgehead atoms. The van der Waals surface area contributed by atoms with Crippen molar-refractivity contribution < 1.29 is 24.2 Å². The summed E-state index contributed by atoms with van der Waals surface area (Å²) in [5, 5.41) is 17.3. The smallest absolute Gasteiger partial charge is 0.329 e. The van der Waals surface area contributed by atoms with Gasteiger partial charge in [0.1, 0.15) is 5.75 Å². The molecule has 2 amide bonds. The van der Waals surface area contributed by atoms with Gasteiger partial charge in [-0.05, 0) is 36.2 Å². The monoisotopic (exact) mass is 368 g/mol. The highest BCUT2D eigenvalue weighted by atomic mass is 16.5. The molecule has 0 aliphatic carbocycles. The second-order valence-electron chi connectivity index (χ2n) is 5.55. The quantitative estimate of drug-likeness (QED) is 0.434. The molecule has 0 spiro atoms. The van der Waals surface area contributed by atoms with Crippen molar-refractivity contribution in [2.45, 2.75) is 13.0 Å². The number of carbonyl (C=O) groups excluding carboxylic acids is 3. The average Bonchev–Trinajstić information content (AvgIpc) is 2.68. The molecule has 0 aliphatic heterocycles. The van der Waals surface area contributed by atoms with E-state index >= 15 is 0 Å². The molecule has 2 aromatic rings. The van der Waals surface area contributed by atoms with Crippen LogP contribution in [0.15, 0.2) is 53.6 Å². The first kappa shape index (κ1) is 19.6. The lowest BCUT2D eigenvalue weighted by Crippen LogP contribution is -2.39. The molecule has 0 aliphatic rings. The second kappa shape index (κ2) is 9.14. The van der Waals surface area contributed by atoms with Gasteiger partial charge in [0, 0.05) is 5.56 Å². The van der Waals surface area contributed by atoms with Crippen molar-refractivity contribution >= 4 is 24.0 Å². The van der Waals surface area contributed by atoms with Gasteiger partial charge in [-0.15, -0.1) is 0 Å². The molecule has 1 atom stereocenters. The SMILES string of the molecule is COc1ccc(/C=N\NC(=O)C(=O)N[C@H](C)c2ccccc2)cc1C(=O)[O-]. The maximum Gasteiger partial charge on any atom is 0.329 e. The first-order valence-electron chi connectivity index (χ1n) is 8.00. The standard InChI is InChI=1S/C19H19N3O5/c1-12(14-6-4-3-5-7-14)21-17(23)18(24)22-20-11-13-8-9-16(27-2)15(10-13)19(25)26/h3-12H,1-2H3,(H,21,23)(H,22,24)(H,25,26)/p-1/b20-11-/t12-/m1/s1. The van der Waals surface area contributed by atoms with Crippen LogP contribution in [0.2, 0.25) is 0 Å². The summed E-state index contributed by atoms with van der Waals surface area (Å²) in [6.07, 6.45) is 1.21. The molecule has 2 rings (SSSR count). The fourth-order valence-corrected chi connectivity index (χ4v) is 2.27. The van der Waals surface area contributed by atoms with E-state index in [1.165, 1.54) is 25.5 Å². The van der Waals surface area contributed by atoms with Gasteiger partial charge in [-0.3, -0.25) is 9.59 Å². The van der Waals surface area contributed by atoms with Crippen molar-refractivity contribution in [3.05, 3.63) is 65.2 Å². The van der Waals surface area contributed by atoms with Crippen molar-refractivity contribution in [1.82, 2.24) is 10.7 Å². The Morgan fingerprint density at radius 3 is 2.44 bits per heavy atom. The molecule has 2 aromatic carbocycles. The third kappa shape index (κ3) is 5.40. The Morgan fingerprint density at radius 2 is 1.81 bits per heavy atom. The van der Waals surface area contributed by atoms with Crippen molar-refractivity contribution in [1.29, 1.82) is 0 Å². The average molecular weight is 368 g/mol. The molecular weight excluding hydrogens is 350 g/mol. The minimum absolute atomic E-state index is 0.144. The Bertz CT molecular complexity index is 865. The number of nitrogens with zero attached hydrogens (tertiary/aromatic N) is 1. The van der Waals surface area contributed by atoms with Crippen LogP contribution in [-0.4, -0.2) is 31.1 Å². The molecular formula is C19H18N3O5-. The number of nitrogens with one attached hydrogen (secondary N) is 2. The summed E-state index contributed by atoms with van der Waals surface area (Å²) >= 11 is 0. The van der Waals surface area contributed by atoms with Gasteiger partial charge in [-0.25, -0.2) is 5.43 Å². The number of carbonyl (C=O) groups is 3. The van der Waals surface area contributed by atoms with E-state index in [9.17, 15) is 19.5 Å². The molecule has 0 unspecified atom stereocenters. The van der Waals surface area contributed by atoms with Crippen molar-refractivity contribution in [3.8, 4) is 5.75 Å². The lowest BCUT2D eigenvalue weighted by atomic mass is 10.1. The van der Waals surface area contributed by atoms with Gasteiger partial charge in [0.25, 0.3) is 0 Å². The van der Waals surface area contributed by atoms with Gasteiger partial charge >= 0.3 is 11.8 Å². The van der Waals surface area contributed by atoms with Gasteiger partial charge < -0.3 is 20.0 Å². The highest BCUT2D eigenvalue weighted by Crippen LogP contribution is 2.18. The molecule has 0 fully saturated rings. The number of hydrazone groups is 1. The number of carboxylic acid groups (broad SMARTS) is 1. The number of benzene rings is 2. The highest BCUT2D eigenvalue weighted by Gasteiger charge is 2.16. The van der Waals surface area contributed by atoms with E-state index in [0.29, 0.717) is 5.56 Å². The van der Waals surface area contributed by atoms with Crippen LogP contribution in [0.5, 0.6) is 5.75 Å². The summed E-state index contributed by atoms with van der Waals surface area (Å²) in [6.45, 7) is 1.75. The molecule has 0 radical (unpaired) electrons. The van der Waals surface area contributed by atoms with Crippen LogP contribution in [0, 0.1) is 0 Å². The molecule has 0 saturated carbocycles. The summed E-state index contributed by atoms with van der Waals surface area (Å²) in [7, 11) is 1.34. The molecule has 8 heteroatoms. The fourth-order valence-electron chi connectivity index (χ4n) is 2.27. The minimum Gasteiger partial charge on any atom is -0.545 e. The topological polar surface area (TPSA) is 120 Å². The van der Waals surface area contributed by atoms with Gasteiger partial charge in [0.2, 0.25) is 0 Å². The third-order valence-corrected chi connectivity index (χ3v) is 3.68. The summed E-state index contributed by atoms with van der Waals surface area (Å²) in [5.41, 5.74) is 3.18. The Kier molecular flexibility index (Phi) is 6.65. The maximum absolute atomic E-state index is 11.9. The van der Waals surface area contributed by atoms with E-state index in [4.69, 9.17) is 4.74 Å². The Morgan fingerprint density at radius 1 is 1.11 bits per heavy atom. The fraction of sp³-hybridized carbons (Fsp3) is 0.158. The second-order valence-corrected chi connectivity index (χ2v) is 5.55. The minimum atomic E-state index is -1.40. The van der Waals surface area contributed by atoms with Gasteiger partial charge in [0.05, 0.1) is 25.3 Å². The van der Waals surface area contributed by atoms with Gasteiger partial charge in [0.15, 0.2) is 0 Å². The number of hydrogen-bond acceptors (Lipinski definition) is 6. The van der Waals surface area contributed by atoms with Crippen LogP contribution >= 0.6 is 0 Å². The van der Waals surface area contributed by atoms with Crippen LogP contribution in [-0.2, 0) is 9.59 Å². The Balaban J connectivity index is 1.95. The van der Waals surface area contributed by atoms with Crippen molar-refractivity contribution in [3.63, 3.8) is 0 Å². The van der Waals surface area contributed by atoms with Crippen LogP contribution in [0.1, 0.15) is 34.5 Å². The number of carboxylic acids is 1. The summed E-state index contributed by atoms with van der Waals surface area (Å²) in [5.74, 6) is -3.04. The van der Waals surface area contributed by atoms with Crippen LogP contribution in [0.4, 0.5) is 0 Å². The highest BCUT2D eigenvalue weighted by molar-refractivity contribution is 6.35. The number of hydrogen-bond donors (Lipinski definition) is 2. The molecule has 0 saturated heterocycles. The zero-order valence-electron chi connectivity index (χ0n) is 14.8. The van der Waals surface area contributed by atoms with E-state index in [2.05, 4.69) is 15.8 Å². The van der Waals surface area contributed by atoms with E-state index in [1.807, 2.05) is 30.3 Å². The van der Waals surface area contributed by atoms with Gasteiger partial charge in [-0.2, -0.15) is 5.10 Å². The number of amides is 2. The summed E-state index contributed by atoms with van der Waals surface area (Å²) < 4.78 is 4.92. The summed E-state index contributed by atoms with van der Waals surface area (Å²) in [4.78, 5) is 34.8. The van der Waals surface area contributed by atoms with Crippen LogP contribution < -0.4 is 20.6 Å². The Labute approximate surface area is 155 Å². The van der Waals surface area contributed by atoms with Crippen molar-refractivity contribution in [2.75, 3.05) is 7.11 Å². The van der Waals surface area contributed by atoms with Gasteiger partial charge in [-0.1, -0.05) is 30.3 Å². The van der Waals surface area contributed by atoms with E-state index in [1.54, 1.807) is 13.0 Å². The molecule has 2 N–H and O–H groups in total. The van der Waals surface area contributed by atoms with Crippen LogP contribution in [0.25, 0.3) is 0 Å². The lowest BCUT2D eigenvalue weighted by molar-refractivity contribution is -0.255. The predicted molar refractivity (Wildman–Crippen MR) is 96.1 cm³/mol. The molecule has 0 heterocycles. The zero-order valence-corrected chi connectivity index (χ0v) is 14.8. The largest absolute Gasteiger partial charge is 0.545 e. The zero-order chi connectivity index (χ0) is 19.8. The molecule has 140 valence electrons. The first-order valence-corrected chi connectivity index (χ1v) is 8.00. The van der Waals surface area contributed by atoms with E-state index in [-0.39, 0.29) is 17.4 Å². The van der Waals surface area contributed by atoms with E-state index < -0.39 is 17.8 Å². The Hall–Kier alpha value is -3.68. The number of rotatable bonds is 6. The first-order chi connectivity index (χ1) is 12.9. The molecule has 8 nitrogen and oxygen atoms in total. The van der Waals surface area contributed by atoms with Crippen molar-refractivity contribution in [2.24, 2.45) is 5.10 Å². The maximum atomic E-state index is 11.9. The number of methoxy groups -OCH3 is 1. The lowest BCUT2D eigenvalue weighted by Gasteiger charge is -2.13.